The van der Waals surface area contributed by atoms with Crippen LogP contribution in [0.2, 0.25) is 0 Å². The Hall–Kier alpha value is -2.89. The molecule has 112 heavy (non-hydrogen) atoms. The zero-order chi connectivity index (χ0) is 82.3. The van der Waals surface area contributed by atoms with E-state index in [-0.39, 0.29) is 32.1 Å². The summed E-state index contributed by atoms with van der Waals surface area (Å²) >= 11 is 0. The molecule has 0 heterocycles. The van der Waals surface area contributed by atoms with Crippen molar-refractivity contribution in [3.8, 4) is 0 Å². The molecule has 0 saturated carbocycles. The molecule has 0 unspecified atom stereocenters. The summed E-state index contributed by atoms with van der Waals surface area (Å²) in [5.41, 5.74) is 0. The quantitative estimate of drug-likeness (QED) is 0.0143. The van der Waals surface area contributed by atoms with Crippen LogP contribution < -0.4 is 0 Å². The molecule has 16 nitrogen and oxygen atoms in total. The molecule has 0 bridgehead atoms. The second-order valence-corrected chi connectivity index (χ2v) is 34.1. The van der Waals surface area contributed by atoms with Gasteiger partial charge in [-0.2, -0.15) is 0 Å². The van der Waals surface area contributed by atoms with Gasteiger partial charge in [0.25, 0.3) is 0 Å². The van der Waals surface area contributed by atoms with Gasteiger partial charge in [0.05, 0.1) is 6.61 Å². The number of rotatable bonds is 90. The maximum absolute atomic E-state index is 14.7. The molecule has 0 spiro atoms. The van der Waals surface area contributed by atoms with Crippen molar-refractivity contribution in [2.24, 2.45) is 0 Å². The van der Waals surface area contributed by atoms with E-state index in [1.807, 2.05) is 0 Å². The van der Waals surface area contributed by atoms with Gasteiger partial charge in [-0.1, -0.05) is 484 Å². The second-order valence-electron chi connectivity index (χ2n) is 34.1. The van der Waals surface area contributed by atoms with Crippen molar-refractivity contribution in [2.45, 2.75) is 578 Å². The highest BCUT2D eigenvalue weighted by molar-refractivity contribution is 5.74. The lowest BCUT2D eigenvalue weighted by Gasteiger charge is -2.51. The van der Waals surface area contributed by atoms with Crippen molar-refractivity contribution in [3.63, 3.8) is 0 Å². The van der Waals surface area contributed by atoms with Crippen LogP contribution in [0.5, 0.6) is 0 Å². The highest BCUT2D eigenvalue weighted by Crippen LogP contribution is 2.47. The Balaban J connectivity index is 7.32. The number of aliphatic hydroxyl groups is 6. The number of hydrogen-bond donors (Lipinski definition) is 6. The number of carbonyl (C=O) groups is 5. The van der Waals surface area contributed by atoms with Crippen LogP contribution in [0.3, 0.4) is 0 Å². The van der Waals surface area contributed by atoms with Gasteiger partial charge in [-0.05, 0) is 32.1 Å². The molecule has 0 radical (unpaired) electrons. The van der Waals surface area contributed by atoms with Crippen molar-refractivity contribution in [1.29, 1.82) is 0 Å². The smallest absolute Gasteiger partial charge is 0.423 e. The minimum atomic E-state index is -4.66. The van der Waals surface area contributed by atoms with E-state index in [0.29, 0.717) is 32.1 Å². The molecule has 0 aromatic carbocycles. The van der Waals surface area contributed by atoms with E-state index in [9.17, 15) is 54.6 Å². The molecule has 16 heteroatoms. The van der Waals surface area contributed by atoms with Crippen molar-refractivity contribution in [3.05, 3.63) is 0 Å². The molecule has 0 aliphatic heterocycles. The third-order valence-corrected chi connectivity index (χ3v) is 23.2. The van der Waals surface area contributed by atoms with E-state index in [0.717, 1.165) is 161 Å². The van der Waals surface area contributed by atoms with Gasteiger partial charge in [0.15, 0.2) is 0 Å². The van der Waals surface area contributed by atoms with E-state index >= 15 is 0 Å². The van der Waals surface area contributed by atoms with E-state index in [1.54, 1.807) is 0 Å². The maximum Gasteiger partial charge on any atom is 0.451 e. The van der Waals surface area contributed by atoms with Crippen molar-refractivity contribution >= 4 is 29.8 Å². The zero-order valence-corrected chi connectivity index (χ0v) is 74.1. The third kappa shape index (κ3) is 59.7. The van der Waals surface area contributed by atoms with Crippen LogP contribution in [0, 0.1) is 0 Å². The lowest BCUT2D eigenvalue weighted by Crippen LogP contribution is -2.83. The number of ether oxygens (including phenoxy) is 5. The molecule has 0 amide bonds. The lowest BCUT2D eigenvalue weighted by molar-refractivity contribution is -0.541. The van der Waals surface area contributed by atoms with Gasteiger partial charge in [0.1, 0.15) is 6.10 Å². The molecule has 6 N–H and O–H groups in total. The molecule has 0 aromatic heterocycles. The Morgan fingerprint density at radius 3 is 0.500 bits per heavy atom. The van der Waals surface area contributed by atoms with Crippen LogP contribution in [-0.4, -0.2) is 96.5 Å². The number of unbranched alkanes of at least 4 members (excludes halogenated alkanes) is 70. The topological polar surface area (TPSA) is 253 Å². The van der Waals surface area contributed by atoms with Crippen LogP contribution in [0.1, 0.15) is 548 Å². The Morgan fingerprint density at radius 1 is 0.205 bits per heavy atom. The minimum Gasteiger partial charge on any atom is -0.423 e. The second kappa shape index (κ2) is 79.2. The van der Waals surface area contributed by atoms with Gasteiger partial charge in [-0.25, -0.2) is 0 Å². The fourth-order valence-electron chi connectivity index (χ4n) is 15.6. The summed E-state index contributed by atoms with van der Waals surface area (Å²) in [6.07, 6.45) is 72.9. The van der Waals surface area contributed by atoms with Crippen LogP contribution in [0.25, 0.3) is 0 Å². The lowest BCUT2D eigenvalue weighted by atomic mass is 9.88. The van der Waals surface area contributed by atoms with Crippen LogP contribution in [0.4, 0.5) is 0 Å². The fraction of sp³-hybridized carbons (Fsp3) is 0.948. The summed E-state index contributed by atoms with van der Waals surface area (Å²) in [6.45, 7) is 9.60. The molecule has 0 saturated heterocycles. The highest BCUT2D eigenvalue weighted by Gasteiger charge is 2.84. The molecular formula is C96H184O16. The molecule has 0 aliphatic carbocycles. The van der Waals surface area contributed by atoms with Gasteiger partial charge < -0.3 is 54.3 Å². The Kier molecular flexibility index (Phi) is 77.2. The molecule has 0 fully saturated rings. The number of aliphatic hydroxyl groups excluding tert-OH is 2. The zero-order valence-electron chi connectivity index (χ0n) is 74.1. The van der Waals surface area contributed by atoms with Crippen molar-refractivity contribution in [1.82, 2.24) is 0 Å². The SMILES string of the molecule is CCCCCCCCCCCCCCCCCC(=O)OC(O)(OC(=O)CCCCCCCCCCCCCCCCC)[C@](O)(OC(=O)CCCCCCCCCCCCCCCCC)[C@](O)(OC(=O)CCCCCCCCCCCCCCCCC)[C@](O)(OC(=O)CCCCCCCCCCCCCCCCC)[C@@H](O)CO. The van der Waals surface area contributed by atoms with Gasteiger partial charge in [0.2, 0.25) is 0 Å². The van der Waals surface area contributed by atoms with Gasteiger partial charge in [-0.15, -0.1) is 0 Å². The monoisotopic (exact) mass is 1590 g/mol. The molecule has 664 valence electrons. The van der Waals surface area contributed by atoms with E-state index in [2.05, 4.69) is 34.6 Å². The predicted octanol–water partition coefficient (Wildman–Crippen LogP) is 27.1. The summed E-state index contributed by atoms with van der Waals surface area (Å²) in [6, 6.07) is 0. The van der Waals surface area contributed by atoms with Gasteiger partial charge in [0, 0.05) is 32.1 Å². The number of carbonyl (C=O) groups excluding carboxylic acids is 5. The first-order valence-electron chi connectivity index (χ1n) is 48.8. The number of esters is 5. The normalized spacial score (nSPS) is 13.7. The van der Waals surface area contributed by atoms with Crippen LogP contribution >= 0.6 is 0 Å². The van der Waals surface area contributed by atoms with E-state index < -0.39 is 98.0 Å². The molecule has 0 aromatic rings. The average molecular weight is 1590 g/mol. The van der Waals surface area contributed by atoms with Crippen molar-refractivity contribution in [2.75, 3.05) is 6.61 Å². The third-order valence-electron chi connectivity index (χ3n) is 23.2. The van der Waals surface area contributed by atoms with Crippen molar-refractivity contribution < 1.29 is 78.3 Å². The van der Waals surface area contributed by atoms with Gasteiger partial charge in [-0.3, -0.25) is 24.0 Å². The molecule has 0 aliphatic rings. The Labute approximate surface area is 689 Å². The summed E-state index contributed by atoms with van der Waals surface area (Å²) in [7, 11) is 0. The first-order valence-corrected chi connectivity index (χ1v) is 48.8. The minimum absolute atomic E-state index is 0.136. The largest absolute Gasteiger partial charge is 0.451 e. The van der Waals surface area contributed by atoms with Gasteiger partial charge >= 0.3 is 53.2 Å². The summed E-state index contributed by atoms with van der Waals surface area (Å²) in [5.74, 6) is -24.7. The predicted molar refractivity (Wildman–Crippen MR) is 461 cm³/mol. The Morgan fingerprint density at radius 2 is 0.339 bits per heavy atom. The first kappa shape index (κ1) is 109. The highest BCUT2D eigenvalue weighted by atomic mass is 16.9. The molecular weight excluding hydrogens is 1410 g/mol. The first-order chi connectivity index (χ1) is 54.5. The van der Waals surface area contributed by atoms with E-state index in [4.69, 9.17) is 23.7 Å². The number of hydrogen-bond acceptors (Lipinski definition) is 16. The van der Waals surface area contributed by atoms with E-state index in [1.165, 1.54) is 257 Å². The standard InChI is InChI=1S/C96H184O16/c1-6-11-16-21-26-31-36-41-46-51-56-61-66-71-76-81-88(99)108-93(104,87(98)86-97)94(105,109-89(100)82-77-72-67-62-57-52-47-42-37-32-27-22-17-12-7-2)95(106,110-90(101)83-78-73-68-63-58-53-48-43-38-33-28-23-18-13-8-3)96(107,111-91(102)84-79-74-69-64-59-54-49-44-39-34-29-24-19-14-9-4)112-92(103)85-80-75-70-65-60-55-50-45-40-35-30-25-20-15-10-5/h87,97-98,104-107H,6-86H2,1-5H3/t87-,93+,94+,95+/m0/s1. The van der Waals surface area contributed by atoms with Crippen LogP contribution in [-0.2, 0) is 47.7 Å². The van der Waals surface area contributed by atoms with Crippen LogP contribution in [0.15, 0.2) is 0 Å². The maximum atomic E-state index is 14.7. The Bertz CT molecular complexity index is 2040. The summed E-state index contributed by atoms with van der Waals surface area (Å²) in [5, 5.41) is 76.1. The summed E-state index contributed by atoms with van der Waals surface area (Å²) < 4.78 is 28.3. The fourth-order valence-corrected chi connectivity index (χ4v) is 15.6. The summed E-state index contributed by atoms with van der Waals surface area (Å²) in [4.78, 5) is 72.4. The molecule has 4 atom stereocenters. The molecule has 0 rings (SSSR count). The average Bonchev–Trinajstić information content (AvgIpc) is 0.704.